The van der Waals surface area contributed by atoms with E-state index >= 15 is 0 Å². The Kier molecular flexibility index (Phi) is 2.53. The van der Waals surface area contributed by atoms with Crippen molar-refractivity contribution >= 4 is 0 Å². The van der Waals surface area contributed by atoms with E-state index in [1.165, 1.54) is 0 Å². The largest absolute Gasteiger partial charge is 0.381 e. The summed E-state index contributed by atoms with van der Waals surface area (Å²) in [5.74, 6) is 2.42. The summed E-state index contributed by atoms with van der Waals surface area (Å²) in [6.07, 6.45) is 8.56. The van der Waals surface area contributed by atoms with Crippen LogP contribution in [0.2, 0.25) is 0 Å². The molecule has 0 aromatic carbocycles. The first-order valence-electron chi connectivity index (χ1n) is 3.93. The zero-order chi connectivity index (χ0) is 8.32. The fraction of sp³-hybridized carbons (Fsp3) is 0.778. The third kappa shape index (κ3) is 1.95. The van der Waals surface area contributed by atoms with E-state index < -0.39 is 5.60 Å². The van der Waals surface area contributed by atoms with Crippen LogP contribution in [0.1, 0.15) is 25.7 Å². The van der Waals surface area contributed by atoms with Crippen molar-refractivity contribution in [1.29, 1.82) is 0 Å². The fourth-order valence-corrected chi connectivity index (χ4v) is 1.45. The number of aliphatic hydroxyl groups is 1. The highest BCUT2D eigenvalue weighted by Gasteiger charge is 2.30. The minimum absolute atomic E-state index is 0.295. The van der Waals surface area contributed by atoms with Crippen molar-refractivity contribution in [2.24, 2.45) is 0 Å². The van der Waals surface area contributed by atoms with E-state index in [4.69, 9.17) is 11.2 Å². The van der Waals surface area contributed by atoms with E-state index in [1.54, 1.807) is 7.11 Å². The predicted octanol–water partition coefficient (Wildman–Crippen LogP) is 0.940. The Morgan fingerprint density at radius 1 is 1.55 bits per heavy atom. The monoisotopic (exact) mass is 154 g/mol. The van der Waals surface area contributed by atoms with Gasteiger partial charge in [-0.1, -0.05) is 5.92 Å². The lowest BCUT2D eigenvalue weighted by molar-refractivity contribution is -0.00818. The van der Waals surface area contributed by atoms with Gasteiger partial charge in [-0.05, 0) is 25.7 Å². The molecule has 0 bridgehead atoms. The second-order valence-electron chi connectivity index (χ2n) is 3.11. The summed E-state index contributed by atoms with van der Waals surface area (Å²) in [4.78, 5) is 0. The van der Waals surface area contributed by atoms with Gasteiger partial charge in [-0.15, -0.1) is 6.42 Å². The van der Waals surface area contributed by atoms with Crippen LogP contribution in [0.25, 0.3) is 0 Å². The van der Waals surface area contributed by atoms with Crippen LogP contribution in [-0.4, -0.2) is 23.9 Å². The van der Waals surface area contributed by atoms with Gasteiger partial charge in [0, 0.05) is 7.11 Å². The summed E-state index contributed by atoms with van der Waals surface area (Å²) in [7, 11) is 1.70. The number of terminal acetylenes is 1. The molecule has 1 aliphatic carbocycles. The second kappa shape index (κ2) is 3.25. The Labute approximate surface area is 67.6 Å². The maximum Gasteiger partial charge on any atom is 0.125 e. The van der Waals surface area contributed by atoms with Gasteiger partial charge in [0.1, 0.15) is 5.60 Å². The molecule has 0 radical (unpaired) electrons. The lowest BCUT2D eigenvalue weighted by Crippen LogP contribution is -2.34. The number of hydrogen-bond donors (Lipinski definition) is 1. The minimum atomic E-state index is -0.852. The number of ether oxygens (including phenoxy) is 1. The summed E-state index contributed by atoms with van der Waals surface area (Å²) in [5.41, 5.74) is -0.852. The molecule has 0 amide bonds. The van der Waals surface area contributed by atoms with Crippen LogP contribution in [0.15, 0.2) is 0 Å². The second-order valence-corrected chi connectivity index (χ2v) is 3.11. The van der Waals surface area contributed by atoms with Crippen LogP contribution in [0.3, 0.4) is 0 Å². The lowest BCUT2D eigenvalue weighted by atomic mass is 9.84. The van der Waals surface area contributed by atoms with Gasteiger partial charge >= 0.3 is 0 Å². The van der Waals surface area contributed by atoms with E-state index in [0.29, 0.717) is 18.9 Å². The molecule has 2 nitrogen and oxygen atoms in total. The Bertz CT molecular complexity index is 161. The van der Waals surface area contributed by atoms with Gasteiger partial charge in [0.15, 0.2) is 0 Å². The topological polar surface area (TPSA) is 29.5 Å². The number of methoxy groups -OCH3 is 1. The molecule has 0 atom stereocenters. The predicted molar refractivity (Wildman–Crippen MR) is 43.0 cm³/mol. The molecule has 2 heteroatoms. The third-order valence-electron chi connectivity index (χ3n) is 2.36. The molecule has 11 heavy (non-hydrogen) atoms. The van der Waals surface area contributed by atoms with Crippen LogP contribution in [0.4, 0.5) is 0 Å². The Hall–Kier alpha value is -0.520. The standard InChI is InChI=1S/C9H14O2/c1-3-9(10)6-4-8(11-2)5-7-9/h1,8,10H,4-7H2,2H3. The Morgan fingerprint density at radius 2 is 2.09 bits per heavy atom. The average Bonchev–Trinajstić information content (AvgIpc) is 2.06. The fourth-order valence-electron chi connectivity index (χ4n) is 1.45. The van der Waals surface area contributed by atoms with Crippen molar-refractivity contribution in [2.45, 2.75) is 37.4 Å². The van der Waals surface area contributed by atoms with E-state index in [1.807, 2.05) is 0 Å². The van der Waals surface area contributed by atoms with Crippen molar-refractivity contribution < 1.29 is 9.84 Å². The molecule has 1 rings (SSSR count). The summed E-state index contributed by atoms with van der Waals surface area (Å²) >= 11 is 0. The smallest absolute Gasteiger partial charge is 0.125 e. The molecule has 0 unspecified atom stereocenters. The van der Waals surface area contributed by atoms with Crippen LogP contribution in [0, 0.1) is 12.3 Å². The molecule has 0 aromatic rings. The van der Waals surface area contributed by atoms with Gasteiger partial charge in [0.2, 0.25) is 0 Å². The maximum atomic E-state index is 9.60. The van der Waals surface area contributed by atoms with Crippen LogP contribution >= 0.6 is 0 Å². The molecule has 0 spiro atoms. The first-order valence-corrected chi connectivity index (χ1v) is 3.93. The molecular weight excluding hydrogens is 140 g/mol. The lowest BCUT2D eigenvalue weighted by Gasteiger charge is -2.31. The Morgan fingerprint density at radius 3 is 2.45 bits per heavy atom. The molecule has 0 aromatic heterocycles. The van der Waals surface area contributed by atoms with Crippen molar-refractivity contribution in [3.05, 3.63) is 0 Å². The average molecular weight is 154 g/mol. The maximum absolute atomic E-state index is 9.60. The van der Waals surface area contributed by atoms with Gasteiger partial charge in [0.25, 0.3) is 0 Å². The minimum Gasteiger partial charge on any atom is -0.381 e. The van der Waals surface area contributed by atoms with E-state index in [-0.39, 0.29) is 0 Å². The summed E-state index contributed by atoms with van der Waals surface area (Å²) in [5, 5.41) is 9.60. The molecule has 0 saturated heterocycles. The van der Waals surface area contributed by atoms with Crippen molar-refractivity contribution in [1.82, 2.24) is 0 Å². The number of rotatable bonds is 1. The van der Waals surface area contributed by atoms with Crippen LogP contribution < -0.4 is 0 Å². The van der Waals surface area contributed by atoms with Crippen molar-refractivity contribution in [3.8, 4) is 12.3 Å². The van der Waals surface area contributed by atoms with Gasteiger partial charge < -0.3 is 9.84 Å². The molecule has 0 heterocycles. The molecular formula is C9H14O2. The van der Waals surface area contributed by atoms with E-state index in [2.05, 4.69) is 5.92 Å². The van der Waals surface area contributed by atoms with Gasteiger partial charge in [-0.25, -0.2) is 0 Å². The molecule has 0 aliphatic heterocycles. The van der Waals surface area contributed by atoms with Crippen LogP contribution in [-0.2, 0) is 4.74 Å². The van der Waals surface area contributed by atoms with E-state index in [9.17, 15) is 5.11 Å². The molecule has 1 saturated carbocycles. The van der Waals surface area contributed by atoms with Gasteiger partial charge in [-0.2, -0.15) is 0 Å². The highest BCUT2D eigenvalue weighted by molar-refractivity contribution is 5.09. The van der Waals surface area contributed by atoms with Crippen LogP contribution in [0.5, 0.6) is 0 Å². The summed E-state index contributed by atoms with van der Waals surface area (Å²) < 4.78 is 5.15. The first kappa shape index (κ1) is 8.58. The normalized spacial score (nSPS) is 38.1. The quantitative estimate of drug-likeness (QED) is 0.569. The first-order chi connectivity index (χ1) is 5.20. The molecule has 1 fully saturated rings. The molecule has 62 valence electrons. The van der Waals surface area contributed by atoms with Crippen molar-refractivity contribution in [2.75, 3.05) is 7.11 Å². The van der Waals surface area contributed by atoms with Gasteiger partial charge in [0.05, 0.1) is 6.10 Å². The summed E-state index contributed by atoms with van der Waals surface area (Å²) in [6.45, 7) is 0. The Balaban J connectivity index is 2.43. The zero-order valence-corrected chi connectivity index (χ0v) is 6.84. The SMILES string of the molecule is C#CC1(O)CCC(OC)CC1. The van der Waals surface area contributed by atoms with Crippen molar-refractivity contribution in [3.63, 3.8) is 0 Å². The molecule has 1 aliphatic rings. The highest BCUT2D eigenvalue weighted by Crippen LogP contribution is 2.28. The number of hydrogen-bond acceptors (Lipinski definition) is 2. The highest BCUT2D eigenvalue weighted by atomic mass is 16.5. The third-order valence-corrected chi connectivity index (χ3v) is 2.36. The van der Waals surface area contributed by atoms with Gasteiger partial charge in [-0.3, -0.25) is 0 Å². The zero-order valence-electron chi connectivity index (χ0n) is 6.84. The molecule has 1 N–H and O–H groups in total. The summed E-state index contributed by atoms with van der Waals surface area (Å²) in [6, 6.07) is 0. The van der Waals surface area contributed by atoms with E-state index in [0.717, 1.165) is 12.8 Å².